The molecule has 9 heteroatoms. The van der Waals surface area contributed by atoms with Crippen molar-refractivity contribution in [2.24, 2.45) is 0 Å². The molecule has 1 aliphatic rings. The highest BCUT2D eigenvalue weighted by molar-refractivity contribution is 6.30. The van der Waals surface area contributed by atoms with Crippen LogP contribution in [0.3, 0.4) is 0 Å². The molecule has 1 fully saturated rings. The van der Waals surface area contributed by atoms with Crippen molar-refractivity contribution >= 4 is 23.4 Å². The highest BCUT2D eigenvalue weighted by atomic mass is 35.5. The average molecular weight is 407 g/mol. The third-order valence-corrected chi connectivity index (χ3v) is 4.73. The lowest BCUT2D eigenvalue weighted by atomic mass is 10.1. The molecule has 0 saturated carbocycles. The van der Waals surface area contributed by atoms with E-state index >= 15 is 0 Å². The molecule has 0 spiro atoms. The Bertz CT molecular complexity index is 818. The second-order valence-electron chi connectivity index (χ2n) is 6.50. The number of carbonyl (C=O) groups excluding carboxylic acids is 2. The normalized spacial score (nSPS) is 14.9. The van der Waals surface area contributed by atoms with E-state index in [9.17, 15) is 9.59 Å². The Morgan fingerprint density at radius 2 is 2.04 bits per heavy atom. The van der Waals surface area contributed by atoms with Gasteiger partial charge in [0.05, 0.1) is 13.2 Å². The second-order valence-corrected chi connectivity index (χ2v) is 6.93. The number of nitrogens with zero attached hydrogens (tertiary/aromatic N) is 3. The van der Waals surface area contributed by atoms with Crippen LogP contribution in [0.1, 0.15) is 10.5 Å². The monoisotopic (exact) mass is 406 g/mol. The van der Waals surface area contributed by atoms with Gasteiger partial charge >= 0.3 is 0 Å². The molecule has 28 heavy (non-hydrogen) atoms. The molecular formula is C19H23ClN4O4. The summed E-state index contributed by atoms with van der Waals surface area (Å²) in [6.45, 7) is 3.62. The number of nitrogens with one attached hydrogen (secondary N) is 1. The first-order chi connectivity index (χ1) is 13.6. The topological polar surface area (TPSA) is 87.9 Å². The zero-order chi connectivity index (χ0) is 19.9. The van der Waals surface area contributed by atoms with E-state index in [2.05, 4.69) is 10.5 Å². The standard InChI is InChI=1S/C19H23ClN4O4/c1-27-10-5-21-18(25)13-23-6-8-24(9-7-23)19(26)16-12-17(28-22-16)14-3-2-4-15(20)11-14/h2-4,11-12H,5-10,13H2,1H3,(H,21,25). The highest BCUT2D eigenvalue weighted by Gasteiger charge is 2.25. The van der Waals surface area contributed by atoms with Gasteiger partial charge in [-0.1, -0.05) is 28.9 Å². The molecule has 3 rings (SSSR count). The minimum atomic E-state index is -0.179. The first-order valence-corrected chi connectivity index (χ1v) is 9.44. The predicted octanol–water partition coefficient (Wildman–Crippen LogP) is 1.52. The summed E-state index contributed by atoms with van der Waals surface area (Å²) in [6, 6.07) is 8.81. The van der Waals surface area contributed by atoms with Crippen LogP contribution < -0.4 is 5.32 Å². The molecule has 2 aromatic rings. The Labute approximate surface area is 168 Å². The molecule has 0 atom stereocenters. The zero-order valence-corrected chi connectivity index (χ0v) is 16.4. The van der Waals surface area contributed by atoms with Crippen LogP contribution in [0.15, 0.2) is 34.9 Å². The van der Waals surface area contributed by atoms with Crippen LogP contribution in [-0.2, 0) is 9.53 Å². The van der Waals surface area contributed by atoms with Gasteiger partial charge in [-0.2, -0.15) is 0 Å². The highest BCUT2D eigenvalue weighted by Crippen LogP contribution is 2.24. The van der Waals surface area contributed by atoms with E-state index < -0.39 is 0 Å². The maximum atomic E-state index is 12.7. The number of ether oxygens (including phenoxy) is 1. The molecule has 150 valence electrons. The fourth-order valence-corrected chi connectivity index (χ4v) is 3.17. The minimum absolute atomic E-state index is 0.0421. The molecule has 0 radical (unpaired) electrons. The number of hydrogen-bond donors (Lipinski definition) is 1. The second kappa shape index (κ2) is 9.68. The average Bonchev–Trinajstić information content (AvgIpc) is 3.18. The Kier molecular flexibility index (Phi) is 7.02. The van der Waals surface area contributed by atoms with Crippen LogP contribution in [0.4, 0.5) is 0 Å². The quantitative estimate of drug-likeness (QED) is 0.701. The van der Waals surface area contributed by atoms with Crippen molar-refractivity contribution in [1.29, 1.82) is 0 Å². The minimum Gasteiger partial charge on any atom is -0.383 e. The first-order valence-electron chi connectivity index (χ1n) is 9.07. The number of methoxy groups -OCH3 is 1. The Morgan fingerprint density at radius 1 is 1.25 bits per heavy atom. The molecule has 1 N–H and O–H groups in total. The van der Waals surface area contributed by atoms with Gasteiger partial charge in [-0.25, -0.2) is 0 Å². The van der Waals surface area contributed by atoms with Crippen LogP contribution in [0.2, 0.25) is 5.02 Å². The summed E-state index contributed by atoms with van der Waals surface area (Å²) in [5.74, 6) is 0.276. The van der Waals surface area contributed by atoms with Gasteiger partial charge in [-0.3, -0.25) is 14.5 Å². The number of aromatic nitrogens is 1. The number of carbonyl (C=O) groups is 2. The molecule has 8 nitrogen and oxygen atoms in total. The van der Waals surface area contributed by atoms with E-state index in [4.69, 9.17) is 20.9 Å². The van der Waals surface area contributed by atoms with E-state index in [1.165, 1.54) is 0 Å². The molecule has 1 aliphatic heterocycles. The molecule has 1 aromatic heterocycles. The first kappa shape index (κ1) is 20.3. The number of rotatable bonds is 7. The van der Waals surface area contributed by atoms with Crippen molar-refractivity contribution in [2.75, 3.05) is 53.0 Å². The van der Waals surface area contributed by atoms with Crippen molar-refractivity contribution in [3.05, 3.63) is 41.0 Å². The van der Waals surface area contributed by atoms with Crippen LogP contribution in [0.5, 0.6) is 0 Å². The lowest BCUT2D eigenvalue weighted by Crippen LogP contribution is -2.51. The molecule has 2 amide bonds. The number of hydrogen-bond acceptors (Lipinski definition) is 6. The van der Waals surface area contributed by atoms with Crippen molar-refractivity contribution in [3.8, 4) is 11.3 Å². The van der Waals surface area contributed by atoms with Crippen molar-refractivity contribution < 1.29 is 18.8 Å². The summed E-state index contributed by atoms with van der Waals surface area (Å²) in [7, 11) is 1.59. The largest absolute Gasteiger partial charge is 0.383 e. The summed E-state index contributed by atoms with van der Waals surface area (Å²) < 4.78 is 10.2. The van der Waals surface area contributed by atoms with Gasteiger partial charge in [0.2, 0.25) is 5.91 Å². The number of amides is 2. The third-order valence-electron chi connectivity index (χ3n) is 4.49. The molecule has 0 aliphatic carbocycles. The SMILES string of the molecule is COCCNC(=O)CN1CCN(C(=O)c2cc(-c3cccc(Cl)c3)on2)CC1. The van der Waals surface area contributed by atoms with Gasteiger partial charge < -0.3 is 19.5 Å². The Hall–Kier alpha value is -2.42. The van der Waals surface area contributed by atoms with Gasteiger partial charge in [0.1, 0.15) is 0 Å². The summed E-state index contributed by atoms with van der Waals surface area (Å²) >= 11 is 5.99. The van der Waals surface area contributed by atoms with E-state index in [-0.39, 0.29) is 17.5 Å². The van der Waals surface area contributed by atoms with Gasteiger partial charge in [-0.05, 0) is 12.1 Å². The zero-order valence-electron chi connectivity index (χ0n) is 15.7. The van der Waals surface area contributed by atoms with E-state index in [1.54, 1.807) is 30.2 Å². The van der Waals surface area contributed by atoms with Gasteiger partial charge in [0.25, 0.3) is 5.91 Å². The summed E-state index contributed by atoms with van der Waals surface area (Å²) in [4.78, 5) is 28.3. The smallest absolute Gasteiger partial charge is 0.276 e. The lowest BCUT2D eigenvalue weighted by molar-refractivity contribution is -0.122. The molecule has 1 aromatic carbocycles. The molecule has 0 bridgehead atoms. The van der Waals surface area contributed by atoms with Crippen LogP contribution in [-0.4, -0.2) is 79.8 Å². The Balaban J connectivity index is 1.51. The third kappa shape index (κ3) is 5.31. The van der Waals surface area contributed by atoms with E-state index in [0.29, 0.717) is 56.7 Å². The van der Waals surface area contributed by atoms with Gasteiger partial charge in [0.15, 0.2) is 11.5 Å². The van der Waals surface area contributed by atoms with E-state index in [0.717, 1.165) is 5.56 Å². The summed E-state index contributed by atoms with van der Waals surface area (Å²) in [5.41, 5.74) is 1.03. The van der Waals surface area contributed by atoms with Crippen LogP contribution in [0.25, 0.3) is 11.3 Å². The molecule has 0 unspecified atom stereocenters. The number of halogens is 1. The maximum Gasteiger partial charge on any atom is 0.276 e. The number of benzene rings is 1. The van der Waals surface area contributed by atoms with E-state index in [1.807, 2.05) is 17.0 Å². The van der Waals surface area contributed by atoms with Crippen LogP contribution in [0, 0.1) is 0 Å². The van der Waals surface area contributed by atoms with Crippen molar-refractivity contribution in [3.63, 3.8) is 0 Å². The van der Waals surface area contributed by atoms with Crippen LogP contribution >= 0.6 is 11.6 Å². The Morgan fingerprint density at radius 3 is 2.75 bits per heavy atom. The lowest BCUT2D eigenvalue weighted by Gasteiger charge is -2.33. The fraction of sp³-hybridized carbons (Fsp3) is 0.421. The molecular weight excluding hydrogens is 384 g/mol. The summed E-state index contributed by atoms with van der Waals surface area (Å²) in [6.07, 6.45) is 0. The van der Waals surface area contributed by atoms with Gasteiger partial charge in [-0.15, -0.1) is 0 Å². The molecule has 1 saturated heterocycles. The van der Waals surface area contributed by atoms with Crippen molar-refractivity contribution in [2.45, 2.75) is 0 Å². The fourth-order valence-electron chi connectivity index (χ4n) is 2.98. The van der Waals surface area contributed by atoms with Crippen molar-refractivity contribution in [1.82, 2.24) is 20.3 Å². The predicted molar refractivity (Wildman–Crippen MR) is 104 cm³/mol. The number of piperazine rings is 1. The van der Waals surface area contributed by atoms with Gasteiger partial charge in [0, 0.05) is 56.5 Å². The maximum absolute atomic E-state index is 12.7. The summed E-state index contributed by atoms with van der Waals surface area (Å²) in [5, 5.41) is 7.29. The molecule has 2 heterocycles.